The molecule has 0 spiro atoms. The first kappa shape index (κ1) is 21.8. The Balaban J connectivity index is 0.00000312. The molecule has 0 saturated carbocycles. The summed E-state index contributed by atoms with van der Waals surface area (Å²) in [5, 5.41) is 9.54. The molecule has 7 heteroatoms. The third-order valence-corrected chi connectivity index (χ3v) is 4.29. The normalized spacial score (nSPS) is 11.8. The molecule has 4 nitrogen and oxygen atoms in total. The Hall–Kier alpha value is -1.22. The smallest absolute Gasteiger partial charge is 0.191 e. The fourth-order valence-electron chi connectivity index (χ4n) is 2.03. The minimum Gasteiger partial charge on any atom is -0.357 e. The van der Waals surface area contributed by atoms with Gasteiger partial charge in [-0.3, -0.25) is 0 Å². The molecule has 0 saturated heterocycles. The highest BCUT2D eigenvalue weighted by Gasteiger charge is 2.17. The van der Waals surface area contributed by atoms with Crippen molar-refractivity contribution in [1.29, 1.82) is 0 Å². The average molecular weight is 476 g/mol. The van der Waals surface area contributed by atoms with Gasteiger partial charge in [0.1, 0.15) is 10.8 Å². The number of hydrogen-bond acceptors (Lipinski definition) is 3. The second kappa shape index (κ2) is 10.1. The zero-order valence-electron chi connectivity index (χ0n) is 15.1. The highest BCUT2D eigenvalue weighted by molar-refractivity contribution is 14.0. The molecule has 2 aromatic rings. The molecule has 0 bridgehead atoms. The number of benzene rings is 1. The minimum absolute atomic E-state index is 0. The average Bonchev–Trinajstić information content (AvgIpc) is 3.00. The van der Waals surface area contributed by atoms with Crippen molar-refractivity contribution >= 4 is 41.3 Å². The molecule has 1 heterocycles. The van der Waals surface area contributed by atoms with Crippen LogP contribution in [-0.4, -0.2) is 17.5 Å². The first-order chi connectivity index (χ1) is 11.4. The van der Waals surface area contributed by atoms with Crippen LogP contribution in [0, 0.1) is 5.82 Å². The van der Waals surface area contributed by atoms with E-state index in [1.165, 1.54) is 6.07 Å². The summed E-state index contributed by atoms with van der Waals surface area (Å²) < 4.78 is 13.7. The number of rotatable bonds is 5. The van der Waals surface area contributed by atoms with Crippen molar-refractivity contribution in [3.05, 3.63) is 51.7 Å². The van der Waals surface area contributed by atoms with Gasteiger partial charge in [-0.2, -0.15) is 0 Å². The molecular formula is C18H26FIN4S. The Labute approximate surface area is 170 Å². The van der Waals surface area contributed by atoms with Crippen molar-refractivity contribution in [2.24, 2.45) is 4.99 Å². The maximum absolute atomic E-state index is 13.7. The molecule has 0 fully saturated rings. The maximum atomic E-state index is 13.7. The van der Waals surface area contributed by atoms with Gasteiger partial charge in [0.25, 0.3) is 0 Å². The fourth-order valence-corrected chi connectivity index (χ4v) is 2.99. The first-order valence-corrected chi connectivity index (χ1v) is 8.98. The third kappa shape index (κ3) is 6.89. The number of hydrogen-bond donors (Lipinski definition) is 2. The van der Waals surface area contributed by atoms with Crippen molar-refractivity contribution < 1.29 is 4.39 Å². The van der Waals surface area contributed by atoms with Crippen LogP contribution in [0.25, 0.3) is 0 Å². The summed E-state index contributed by atoms with van der Waals surface area (Å²) in [5.41, 5.74) is 1.73. The molecule has 0 aliphatic heterocycles. The number of nitrogens with zero attached hydrogens (tertiary/aromatic N) is 2. The van der Waals surface area contributed by atoms with Crippen LogP contribution in [0.4, 0.5) is 4.39 Å². The van der Waals surface area contributed by atoms with Gasteiger partial charge in [-0.15, -0.1) is 35.3 Å². The Bertz CT molecular complexity index is 694. The van der Waals surface area contributed by atoms with E-state index in [0.29, 0.717) is 24.6 Å². The lowest BCUT2D eigenvalue weighted by molar-refractivity contribution is 0.570. The molecule has 0 unspecified atom stereocenters. The van der Waals surface area contributed by atoms with E-state index in [0.717, 1.165) is 17.2 Å². The second-order valence-electron chi connectivity index (χ2n) is 6.52. The number of nitrogens with one attached hydrogen (secondary N) is 2. The van der Waals surface area contributed by atoms with Gasteiger partial charge >= 0.3 is 0 Å². The van der Waals surface area contributed by atoms with Crippen molar-refractivity contribution in [3.63, 3.8) is 0 Å². The van der Waals surface area contributed by atoms with E-state index in [4.69, 9.17) is 0 Å². The predicted octanol–water partition coefficient (Wildman–Crippen LogP) is 4.45. The monoisotopic (exact) mass is 476 g/mol. The van der Waals surface area contributed by atoms with Crippen LogP contribution in [0.5, 0.6) is 0 Å². The predicted molar refractivity (Wildman–Crippen MR) is 114 cm³/mol. The van der Waals surface area contributed by atoms with E-state index in [1.54, 1.807) is 23.5 Å². The third-order valence-electron chi connectivity index (χ3n) is 3.44. The van der Waals surface area contributed by atoms with Crippen LogP contribution >= 0.6 is 35.3 Å². The maximum Gasteiger partial charge on any atom is 0.191 e. The standard InChI is InChI=1S/C18H25FN4S.HI/c1-5-20-17(21-10-13-8-6-7-9-14(13)19)22-11-16-23-15(12-24-16)18(2,3)4;/h6-9,12H,5,10-11H2,1-4H3,(H2,20,21,22);1H. The fraction of sp³-hybridized carbons (Fsp3) is 0.444. The summed E-state index contributed by atoms with van der Waals surface area (Å²) in [5.74, 6) is 0.431. The van der Waals surface area contributed by atoms with Crippen molar-refractivity contribution in [2.75, 3.05) is 6.54 Å². The first-order valence-electron chi connectivity index (χ1n) is 8.10. The molecular weight excluding hydrogens is 450 g/mol. The quantitative estimate of drug-likeness (QED) is 0.381. The van der Waals surface area contributed by atoms with Gasteiger partial charge in [-0.05, 0) is 13.0 Å². The number of guanidine groups is 1. The molecule has 2 rings (SSSR count). The Morgan fingerprint density at radius 1 is 1.24 bits per heavy atom. The summed E-state index contributed by atoms with van der Waals surface area (Å²) >= 11 is 1.64. The van der Waals surface area contributed by atoms with Gasteiger partial charge in [0.2, 0.25) is 0 Å². The molecule has 25 heavy (non-hydrogen) atoms. The molecule has 0 radical (unpaired) electrons. The van der Waals surface area contributed by atoms with E-state index in [-0.39, 0.29) is 35.2 Å². The van der Waals surface area contributed by atoms with Gasteiger partial charge in [-0.1, -0.05) is 39.0 Å². The number of halogens is 2. The molecule has 0 atom stereocenters. The van der Waals surface area contributed by atoms with Crippen LogP contribution in [0.2, 0.25) is 0 Å². The number of aromatic nitrogens is 1. The highest BCUT2D eigenvalue weighted by atomic mass is 127. The summed E-state index contributed by atoms with van der Waals surface area (Å²) in [6, 6.07) is 6.70. The molecule has 0 aliphatic carbocycles. The van der Waals surface area contributed by atoms with Crippen LogP contribution in [0.1, 0.15) is 44.0 Å². The summed E-state index contributed by atoms with van der Waals surface area (Å²) in [4.78, 5) is 9.11. The summed E-state index contributed by atoms with van der Waals surface area (Å²) in [6.45, 7) is 10.1. The molecule has 0 aliphatic rings. The molecule has 2 N–H and O–H groups in total. The summed E-state index contributed by atoms with van der Waals surface area (Å²) in [7, 11) is 0. The van der Waals surface area contributed by atoms with E-state index in [2.05, 4.69) is 46.8 Å². The molecule has 1 aromatic heterocycles. The molecule has 1 aromatic carbocycles. The zero-order valence-corrected chi connectivity index (χ0v) is 18.2. The van der Waals surface area contributed by atoms with Crippen LogP contribution in [0.3, 0.4) is 0 Å². The SMILES string of the molecule is CCNC(=NCc1ccccc1F)NCc1nc(C(C)(C)C)cs1.I. The van der Waals surface area contributed by atoms with Crippen molar-refractivity contribution in [2.45, 2.75) is 46.2 Å². The molecule has 138 valence electrons. The van der Waals surface area contributed by atoms with Crippen LogP contribution < -0.4 is 10.6 Å². The minimum atomic E-state index is -0.230. The topological polar surface area (TPSA) is 49.3 Å². The van der Waals surface area contributed by atoms with E-state index < -0.39 is 0 Å². The van der Waals surface area contributed by atoms with E-state index in [1.807, 2.05) is 13.0 Å². The molecule has 0 amide bonds. The van der Waals surface area contributed by atoms with Gasteiger partial charge < -0.3 is 10.6 Å². The van der Waals surface area contributed by atoms with Gasteiger partial charge in [0.15, 0.2) is 5.96 Å². The lowest BCUT2D eigenvalue weighted by atomic mass is 9.93. The van der Waals surface area contributed by atoms with Gasteiger partial charge in [-0.25, -0.2) is 14.4 Å². The zero-order chi connectivity index (χ0) is 17.6. The second-order valence-corrected chi connectivity index (χ2v) is 7.46. The van der Waals surface area contributed by atoms with Crippen molar-refractivity contribution in [3.8, 4) is 0 Å². The summed E-state index contributed by atoms with van der Waals surface area (Å²) in [6.07, 6.45) is 0. The van der Waals surface area contributed by atoms with Crippen LogP contribution in [-0.2, 0) is 18.5 Å². The Morgan fingerprint density at radius 3 is 2.56 bits per heavy atom. The number of thiazole rings is 1. The van der Waals surface area contributed by atoms with Crippen LogP contribution in [0.15, 0.2) is 34.6 Å². The van der Waals surface area contributed by atoms with E-state index >= 15 is 0 Å². The van der Waals surface area contributed by atoms with Gasteiger partial charge in [0, 0.05) is 22.9 Å². The lowest BCUT2D eigenvalue weighted by Crippen LogP contribution is -2.36. The Kier molecular flexibility index (Phi) is 8.78. The largest absolute Gasteiger partial charge is 0.357 e. The highest BCUT2D eigenvalue weighted by Crippen LogP contribution is 2.23. The Morgan fingerprint density at radius 2 is 1.96 bits per heavy atom. The van der Waals surface area contributed by atoms with Gasteiger partial charge in [0.05, 0.1) is 18.8 Å². The van der Waals surface area contributed by atoms with E-state index in [9.17, 15) is 4.39 Å². The number of aliphatic imine (C=N–C) groups is 1. The lowest BCUT2D eigenvalue weighted by Gasteiger charge is -2.14. The van der Waals surface area contributed by atoms with Crippen molar-refractivity contribution in [1.82, 2.24) is 15.6 Å².